The van der Waals surface area contributed by atoms with Gasteiger partial charge in [-0.15, -0.1) is 0 Å². The number of methoxy groups -OCH3 is 2. The van der Waals surface area contributed by atoms with Crippen molar-refractivity contribution in [3.63, 3.8) is 0 Å². The van der Waals surface area contributed by atoms with Crippen LogP contribution in [-0.2, 0) is 17.7 Å². The molecule has 14 heteroatoms. The highest BCUT2D eigenvalue weighted by atomic mass is 35.5. The van der Waals surface area contributed by atoms with E-state index in [0.29, 0.717) is 45.0 Å². The van der Waals surface area contributed by atoms with Gasteiger partial charge in [0.25, 0.3) is 0 Å². The van der Waals surface area contributed by atoms with E-state index in [4.69, 9.17) is 37.4 Å². The summed E-state index contributed by atoms with van der Waals surface area (Å²) in [6, 6.07) is 12.3. The van der Waals surface area contributed by atoms with Crippen LogP contribution in [-0.4, -0.2) is 67.0 Å². The molecule has 0 spiro atoms. The zero-order chi connectivity index (χ0) is 35.5. The van der Waals surface area contributed by atoms with Crippen LogP contribution in [0.4, 0.5) is 15.0 Å². The minimum atomic E-state index is -1.19. The minimum Gasteiger partial charge on any atom is -0.619 e. The Kier molecular flexibility index (Phi) is 10.6. The highest BCUT2D eigenvalue weighted by Crippen LogP contribution is 2.39. The normalized spacial score (nSPS) is 18.7. The van der Waals surface area contributed by atoms with Crippen molar-refractivity contribution in [2.75, 3.05) is 38.8 Å². The number of hydrogen-bond acceptors (Lipinski definition) is 8. The van der Waals surface area contributed by atoms with Crippen molar-refractivity contribution in [2.24, 2.45) is 5.92 Å². The first-order valence-electron chi connectivity index (χ1n) is 16.0. The second-order valence-electron chi connectivity index (χ2n) is 12.4. The van der Waals surface area contributed by atoms with Gasteiger partial charge in [0.15, 0.2) is 23.9 Å². The first-order valence-corrected chi connectivity index (χ1v) is 16.8. The largest absolute Gasteiger partial charge is 0.619 e. The van der Waals surface area contributed by atoms with Gasteiger partial charge in [0.1, 0.15) is 27.8 Å². The predicted molar refractivity (Wildman–Crippen MR) is 184 cm³/mol. The number of hydrogen-bond donors (Lipinski definition) is 1. The molecule has 5 heterocycles. The van der Waals surface area contributed by atoms with E-state index in [0.717, 1.165) is 32.0 Å². The van der Waals surface area contributed by atoms with Crippen molar-refractivity contribution < 1.29 is 38.0 Å². The van der Waals surface area contributed by atoms with Gasteiger partial charge in [0.05, 0.1) is 26.3 Å². The van der Waals surface area contributed by atoms with Gasteiger partial charge in [-0.25, -0.2) is 19.0 Å². The summed E-state index contributed by atoms with van der Waals surface area (Å²) >= 11 is 13.0. The van der Waals surface area contributed by atoms with Crippen LogP contribution < -0.4 is 19.1 Å². The number of piperidine rings is 3. The number of carboxylic acids is 1. The third kappa shape index (κ3) is 7.57. The van der Waals surface area contributed by atoms with Crippen LogP contribution in [0.15, 0.2) is 67.1 Å². The summed E-state index contributed by atoms with van der Waals surface area (Å²) in [5.41, 5.74) is 1.94. The van der Waals surface area contributed by atoms with Crippen molar-refractivity contribution in [1.29, 1.82) is 0 Å². The Morgan fingerprint density at radius 3 is 2.40 bits per heavy atom. The highest BCUT2D eigenvalue weighted by molar-refractivity contribution is 6.35. The average Bonchev–Trinajstić information content (AvgIpc) is 3.10. The molecular weight excluding hydrogens is 690 g/mol. The van der Waals surface area contributed by atoms with E-state index in [9.17, 15) is 24.3 Å². The van der Waals surface area contributed by atoms with Gasteiger partial charge >= 0.3 is 12.1 Å². The molecule has 0 saturated carbocycles. The van der Waals surface area contributed by atoms with Gasteiger partial charge in [-0.3, -0.25) is 9.80 Å². The summed E-state index contributed by atoms with van der Waals surface area (Å²) in [7, 11) is 2.99. The van der Waals surface area contributed by atoms with Crippen LogP contribution >= 0.6 is 23.2 Å². The molecule has 0 aliphatic carbocycles. The highest BCUT2D eigenvalue weighted by Gasteiger charge is 2.38. The Labute approximate surface area is 298 Å². The summed E-state index contributed by atoms with van der Waals surface area (Å²) < 4.78 is 32.0. The second kappa shape index (κ2) is 15.1. The van der Waals surface area contributed by atoms with Crippen LogP contribution in [0.1, 0.15) is 51.4 Å². The van der Waals surface area contributed by atoms with E-state index in [1.807, 2.05) is 0 Å². The fourth-order valence-corrected chi connectivity index (χ4v) is 7.40. The number of pyridine rings is 2. The molecule has 3 saturated heterocycles. The monoisotopic (exact) mass is 724 g/mol. The first kappa shape index (κ1) is 35.2. The van der Waals surface area contributed by atoms with Gasteiger partial charge in [0, 0.05) is 30.3 Å². The Morgan fingerprint density at radius 2 is 1.78 bits per heavy atom. The summed E-state index contributed by atoms with van der Waals surface area (Å²) in [5.74, 6) is -1.31. The number of amides is 1. The van der Waals surface area contributed by atoms with E-state index in [1.165, 1.54) is 49.8 Å². The average molecular weight is 726 g/mol. The van der Waals surface area contributed by atoms with E-state index in [-0.39, 0.29) is 46.4 Å². The zero-order valence-electron chi connectivity index (χ0n) is 27.4. The van der Waals surface area contributed by atoms with Crippen molar-refractivity contribution in [1.82, 2.24) is 9.88 Å². The summed E-state index contributed by atoms with van der Waals surface area (Å²) in [6.45, 7) is 2.45. The quantitative estimate of drug-likeness (QED) is 0.136. The lowest BCUT2D eigenvalue weighted by Gasteiger charge is -2.44. The molecule has 7 rings (SSSR count). The van der Waals surface area contributed by atoms with Crippen molar-refractivity contribution in [3.05, 3.63) is 116 Å². The molecule has 2 atom stereocenters. The van der Waals surface area contributed by atoms with Crippen LogP contribution in [0.2, 0.25) is 10.0 Å². The number of aromatic carboxylic acids is 1. The number of carbonyl (C=O) groups is 2. The number of fused-ring (bicyclic) bond motifs is 3. The summed E-state index contributed by atoms with van der Waals surface area (Å²) in [4.78, 5) is 34.3. The molecule has 50 heavy (non-hydrogen) atoms. The van der Waals surface area contributed by atoms with E-state index < -0.39 is 23.8 Å². The number of halogens is 3. The van der Waals surface area contributed by atoms with E-state index >= 15 is 0 Å². The van der Waals surface area contributed by atoms with Gasteiger partial charge < -0.3 is 24.5 Å². The van der Waals surface area contributed by atoms with Gasteiger partial charge in [0.2, 0.25) is 0 Å². The number of carbonyl (C=O) groups excluding carboxylic acids is 1. The molecule has 1 N–H and O–H groups in total. The molecule has 1 amide bonds. The van der Waals surface area contributed by atoms with Crippen molar-refractivity contribution in [2.45, 2.75) is 37.8 Å². The molecule has 262 valence electrons. The maximum Gasteiger partial charge on any atom is 0.416 e. The Hall–Kier alpha value is -4.65. The Bertz CT molecular complexity index is 1880. The number of nitrogens with zero attached hydrogens (tertiary/aromatic N) is 4. The maximum absolute atomic E-state index is 14.5. The minimum absolute atomic E-state index is 0.0131. The number of aromatic nitrogens is 2. The smallest absolute Gasteiger partial charge is 0.416 e. The lowest BCUT2D eigenvalue weighted by Crippen LogP contribution is -2.53. The fraction of sp³-hybridized carbons (Fsp3) is 0.333. The molecule has 2 aromatic carbocycles. The standard InChI is InChI=1S/C36H35Cl2FN4O7/c1-48-31-6-4-23(14-32(31)49-2)26(16-28-29(37)18-42(47)19-30(28)38)27-13-21(3-5-25(27)35(44)45)17-43(34-15-24(39)7-10-40-34)36(46)50-33-20-41-11-8-22(33)9-12-41/h3-7,10,13-15,18-19,22,26,33H,8-9,11-12,16-17,20H2,1-2H3,(H,44,45)/t26-,33-/m0/s1. The van der Waals surface area contributed by atoms with Gasteiger partial charge in [-0.1, -0.05) is 41.4 Å². The van der Waals surface area contributed by atoms with Gasteiger partial charge in [-0.2, -0.15) is 4.73 Å². The molecular formula is C36H35Cl2FN4O7. The summed E-state index contributed by atoms with van der Waals surface area (Å²) in [6.07, 6.45) is 4.57. The lowest BCUT2D eigenvalue weighted by atomic mass is 9.82. The number of anilines is 1. The van der Waals surface area contributed by atoms with Crippen molar-refractivity contribution >= 4 is 41.1 Å². The fourth-order valence-electron chi connectivity index (χ4n) is 6.80. The molecule has 3 aliphatic heterocycles. The Morgan fingerprint density at radius 1 is 1.06 bits per heavy atom. The number of rotatable bonds is 11. The van der Waals surface area contributed by atoms with Crippen LogP contribution in [0.3, 0.4) is 0 Å². The second-order valence-corrected chi connectivity index (χ2v) is 13.2. The SMILES string of the molecule is COc1ccc([C@H](Cc2c(Cl)c[n+]([O-])cc2Cl)c2cc(CN(C(=O)O[C@H]3CN4CCC3CC4)c3cc(F)ccn3)ccc2C(=O)O)cc1OC. The Balaban J connectivity index is 1.43. The third-order valence-electron chi connectivity index (χ3n) is 9.39. The van der Waals surface area contributed by atoms with Crippen LogP contribution in [0.5, 0.6) is 11.5 Å². The predicted octanol–water partition coefficient (Wildman–Crippen LogP) is 6.49. The molecule has 0 unspecified atom stereocenters. The van der Waals surface area contributed by atoms with Crippen molar-refractivity contribution in [3.8, 4) is 11.5 Å². The molecule has 2 bridgehead atoms. The molecule has 0 radical (unpaired) electrons. The molecule has 4 aromatic rings. The zero-order valence-corrected chi connectivity index (χ0v) is 28.9. The van der Waals surface area contributed by atoms with Gasteiger partial charge in [-0.05, 0) is 79.2 Å². The third-order valence-corrected chi connectivity index (χ3v) is 10.0. The molecule has 11 nitrogen and oxygen atoms in total. The molecule has 3 aliphatic rings. The first-order chi connectivity index (χ1) is 24.0. The van der Waals surface area contributed by atoms with E-state index in [1.54, 1.807) is 30.3 Å². The maximum atomic E-state index is 14.5. The molecule has 3 fully saturated rings. The van der Waals surface area contributed by atoms with Crippen LogP contribution in [0.25, 0.3) is 0 Å². The number of ether oxygens (including phenoxy) is 3. The van der Waals surface area contributed by atoms with Crippen LogP contribution in [0, 0.1) is 16.9 Å². The number of benzene rings is 2. The number of carboxylic acid groups (broad SMARTS) is 1. The van der Waals surface area contributed by atoms with E-state index in [2.05, 4.69) is 9.88 Å². The summed E-state index contributed by atoms with van der Waals surface area (Å²) in [5, 5.41) is 22.6. The lowest BCUT2D eigenvalue weighted by molar-refractivity contribution is -0.605. The topological polar surface area (TPSA) is 128 Å². The molecule has 2 aromatic heterocycles.